The molecule has 7 nitrogen and oxygen atoms in total. The van der Waals surface area contributed by atoms with E-state index >= 15 is 0 Å². The Kier molecular flexibility index (Phi) is 4.63. The number of hydrogen-bond acceptors (Lipinski definition) is 6. The van der Waals surface area contributed by atoms with Crippen LogP contribution < -0.4 is 11.3 Å². The molecule has 6 atom stereocenters. The maximum Gasteiger partial charge on any atom is 0.421 e. The molecule has 3 rings (SSSR count). The van der Waals surface area contributed by atoms with E-state index in [4.69, 9.17) is 24.8 Å². The third-order valence-corrected chi connectivity index (χ3v) is 5.61. The number of amides is 1. The summed E-state index contributed by atoms with van der Waals surface area (Å²) in [6.45, 7) is 6.99. The quantitative estimate of drug-likeness (QED) is 0.260. The zero-order valence-electron chi connectivity index (χ0n) is 14.8. The van der Waals surface area contributed by atoms with Crippen molar-refractivity contribution < 1.29 is 23.7 Å². The molecule has 1 amide bonds. The van der Waals surface area contributed by atoms with E-state index in [2.05, 4.69) is 26.8 Å². The number of nitrogens with two attached hydrogens (primary N) is 1. The van der Waals surface area contributed by atoms with Crippen molar-refractivity contribution in [3.8, 4) is 0 Å². The third-order valence-electron chi connectivity index (χ3n) is 5.61. The van der Waals surface area contributed by atoms with Gasteiger partial charge in [0.1, 0.15) is 23.4 Å². The predicted octanol–water partition coefficient (Wildman–Crippen LogP) is 1.66. The normalized spacial score (nSPS) is 43.2. The number of hydrogen-bond donors (Lipinski definition) is 2. The van der Waals surface area contributed by atoms with E-state index in [0.717, 1.165) is 12.8 Å². The smallest absolute Gasteiger partial charge is 0.421 e. The maximum atomic E-state index is 11.5. The number of rotatable bonds is 5. The van der Waals surface area contributed by atoms with Crippen molar-refractivity contribution in [2.24, 2.45) is 11.8 Å². The summed E-state index contributed by atoms with van der Waals surface area (Å²) in [7, 11) is 1.65. The highest BCUT2D eigenvalue weighted by Crippen LogP contribution is 2.59. The van der Waals surface area contributed by atoms with Crippen molar-refractivity contribution in [1.29, 1.82) is 0 Å². The van der Waals surface area contributed by atoms with Crippen LogP contribution in [0.2, 0.25) is 0 Å². The number of nitrogens with one attached hydrogen (secondary N) is 1. The Bertz CT molecular complexity index is 529. The zero-order chi connectivity index (χ0) is 17.5. The summed E-state index contributed by atoms with van der Waals surface area (Å²) in [6.07, 6.45) is 3.44. The highest BCUT2D eigenvalue weighted by molar-refractivity contribution is 5.66. The van der Waals surface area contributed by atoms with Crippen molar-refractivity contribution >= 4 is 6.09 Å². The summed E-state index contributed by atoms with van der Waals surface area (Å²) >= 11 is 0. The highest BCUT2D eigenvalue weighted by atomic mass is 16.6. The Hall–Kier alpha value is -1.15. The van der Waals surface area contributed by atoms with Crippen LogP contribution >= 0.6 is 0 Å². The summed E-state index contributed by atoms with van der Waals surface area (Å²) in [5.41, 5.74) is 2.75. The molecule has 2 heterocycles. The maximum absolute atomic E-state index is 11.5. The molecule has 2 saturated heterocycles. The Morgan fingerprint density at radius 3 is 2.71 bits per heavy atom. The lowest BCUT2D eigenvalue weighted by Gasteiger charge is -2.42. The monoisotopic (exact) mass is 340 g/mol. The molecule has 1 aliphatic carbocycles. The van der Waals surface area contributed by atoms with E-state index in [9.17, 15) is 4.79 Å². The second-order valence-corrected chi connectivity index (χ2v) is 7.47. The van der Waals surface area contributed by atoms with Crippen molar-refractivity contribution in [3.05, 3.63) is 11.6 Å². The van der Waals surface area contributed by atoms with Crippen LogP contribution in [-0.4, -0.2) is 49.3 Å². The Balaban J connectivity index is 1.78. The molecule has 0 aromatic carbocycles. The first-order valence-electron chi connectivity index (χ1n) is 8.51. The molecule has 2 aliphatic heterocycles. The summed E-state index contributed by atoms with van der Waals surface area (Å²) in [5.74, 6) is 5.17. The summed E-state index contributed by atoms with van der Waals surface area (Å²) in [4.78, 5) is 11.5. The molecule has 0 radical (unpaired) electrons. The SMILES string of the molecule is COC1C(OC(=O)NN)CCC2(CO2)C1C1(C)OC1CC=C(C)C. The number of carbonyl (C=O) groups is 1. The van der Waals surface area contributed by atoms with Crippen molar-refractivity contribution in [3.63, 3.8) is 0 Å². The lowest BCUT2D eigenvalue weighted by molar-refractivity contribution is -0.118. The van der Waals surface area contributed by atoms with Crippen LogP contribution in [0.25, 0.3) is 0 Å². The van der Waals surface area contributed by atoms with E-state index in [1.807, 2.05) is 5.43 Å². The lowest BCUT2D eigenvalue weighted by Crippen LogP contribution is -2.56. The van der Waals surface area contributed by atoms with Gasteiger partial charge in [0.2, 0.25) is 0 Å². The Morgan fingerprint density at radius 2 is 2.17 bits per heavy atom. The molecule has 3 N–H and O–H groups in total. The molecular weight excluding hydrogens is 312 g/mol. The summed E-state index contributed by atoms with van der Waals surface area (Å²) in [5, 5.41) is 0. The van der Waals surface area contributed by atoms with E-state index in [1.54, 1.807) is 7.11 Å². The van der Waals surface area contributed by atoms with E-state index in [1.165, 1.54) is 5.57 Å². The van der Waals surface area contributed by atoms with Crippen LogP contribution in [0.15, 0.2) is 11.6 Å². The van der Waals surface area contributed by atoms with Gasteiger partial charge in [0.05, 0.1) is 18.6 Å². The molecule has 0 bridgehead atoms. The molecular formula is C17H28N2O5. The van der Waals surface area contributed by atoms with Gasteiger partial charge in [-0.25, -0.2) is 10.6 Å². The Morgan fingerprint density at radius 1 is 1.46 bits per heavy atom. The molecule has 136 valence electrons. The number of allylic oxidation sites excluding steroid dienone is 1. The average molecular weight is 340 g/mol. The van der Waals surface area contributed by atoms with Gasteiger partial charge in [0, 0.05) is 7.11 Å². The van der Waals surface area contributed by atoms with Gasteiger partial charge in [0.25, 0.3) is 0 Å². The zero-order valence-corrected chi connectivity index (χ0v) is 14.8. The van der Waals surface area contributed by atoms with Gasteiger partial charge in [-0.2, -0.15) is 0 Å². The first kappa shape index (κ1) is 17.7. The molecule has 6 unspecified atom stereocenters. The number of carbonyl (C=O) groups excluding carboxylic acids is 1. The summed E-state index contributed by atoms with van der Waals surface area (Å²) in [6, 6.07) is 0. The topological polar surface area (TPSA) is 98.6 Å². The predicted molar refractivity (Wildman–Crippen MR) is 87.1 cm³/mol. The highest BCUT2D eigenvalue weighted by Gasteiger charge is 2.72. The number of methoxy groups -OCH3 is 1. The molecule has 0 aromatic heterocycles. The summed E-state index contributed by atoms with van der Waals surface area (Å²) < 4.78 is 23.1. The van der Waals surface area contributed by atoms with Gasteiger partial charge in [-0.05, 0) is 40.0 Å². The van der Waals surface area contributed by atoms with Gasteiger partial charge in [-0.1, -0.05) is 11.6 Å². The fourth-order valence-electron chi connectivity index (χ4n) is 4.24. The minimum Gasteiger partial charge on any atom is -0.443 e. The van der Waals surface area contributed by atoms with Crippen LogP contribution in [0.4, 0.5) is 4.79 Å². The van der Waals surface area contributed by atoms with Crippen LogP contribution in [-0.2, 0) is 18.9 Å². The lowest BCUT2D eigenvalue weighted by atomic mass is 9.68. The molecule has 7 heteroatoms. The van der Waals surface area contributed by atoms with Gasteiger partial charge in [-0.15, -0.1) is 0 Å². The van der Waals surface area contributed by atoms with Gasteiger partial charge in [0.15, 0.2) is 0 Å². The molecule has 0 aromatic rings. The first-order valence-corrected chi connectivity index (χ1v) is 8.51. The minimum atomic E-state index is -0.642. The average Bonchev–Trinajstić information content (AvgIpc) is 3.45. The third kappa shape index (κ3) is 3.06. The van der Waals surface area contributed by atoms with Gasteiger partial charge in [-0.3, -0.25) is 5.43 Å². The number of ether oxygens (including phenoxy) is 4. The molecule has 3 aliphatic rings. The molecule has 24 heavy (non-hydrogen) atoms. The van der Waals surface area contributed by atoms with Crippen molar-refractivity contribution in [1.82, 2.24) is 5.43 Å². The number of hydrazine groups is 1. The van der Waals surface area contributed by atoms with E-state index < -0.39 is 6.09 Å². The molecule has 1 saturated carbocycles. The van der Waals surface area contributed by atoms with Crippen molar-refractivity contribution in [2.75, 3.05) is 13.7 Å². The van der Waals surface area contributed by atoms with Crippen molar-refractivity contribution in [2.45, 2.75) is 69.5 Å². The molecule has 1 spiro atoms. The largest absolute Gasteiger partial charge is 0.443 e. The van der Waals surface area contributed by atoms with Crippen LogP contribution in [0.5, 0.6) is 0 Å². The fourth-order valence-corrected chi connectivity index (χ4v) is 4.24. The van der Waals surface area contributed by atoms with Crippen LogP contribution in [0.1, 0.15) is 40.0 Å². The first-order chi connectivity index (χ1) is 11.4. The fraction of sp³-hybridized carbons (Fsp3) is 0.824. The van der Waals surface area contributed by atoms with Gasteiger partial charge >= 0.3 is 6.09 Å². The Labute approximate surface area is 142 Å². The van der Waals surface area contributed by atoms with Crippen LogP contribution in [0.3, 0.4) is 0 Å². The number of epoxide rings is 2. The molecule has 3 fully saturated rings. The van der Waals surface area contributed by atoms with E-state index in [0.29, 0.717) is 13.0 Å². The van der Waals surface area contributed by atoms with Gasteiger partial charge < -0.3 is 18.9 Å². The minimum absolute atomic E-state index is 0.0230. The second-order valence-electron chi connectivity index (χ2n) is 7.47. The van der Waals surface area contributed by atoms with E-state index in [-0.39, 0.29) is 35.4 Å². The standard InChI is InChI=1S/C17H28N2O5/c1-10(2)5-6-12-16(3,24-12)14-13(21-4)11(23-15(20)19-18)7-8-17(14)9-22-17/h5,11-14H,6-9,18H2,1-4H3,(H,19,20). The van der Waals surface area contributed by atoms with Crippen LogP contribution in [0, 0.1) is 5.92 Å². The second kappa shape index (κ2) is 6.29.